The molecule has 3 aromatic rings. The SMILES string of the molecule is Cc1c(C(=O)N2CCCN(Cc3ncc(C(C)(C)C)o3)CC2)oc2ccccc12. The monoisotopic (exact) mass is 395 g/mol. The number of nitrogens with zero attached hydrogens (tertiary/aromatic N) is 3. The van der Waals surface area contributed by atoms with Crippen molar-refractivity contribution in [3.05, 3.63) is 53.4 Å². The lowest BCUT2D eigenvalue weighted by Gasteiger charge is -2.20. The van der Waals surface area contributed by atoms with Crippen molar-refractivity contribution in [2.24, 2.45) is 0 Å². The van der Waals surface area contributed by atoms with Crippen LogP contribution in [0.2, 0.25) is 0 Å². The molecule has 1 aromatic carbocycles. The third kappa shape index (κ3) is 4.08. The number of fused-ring (bicyclic) bond motifs is 1. The van der Waals surface area contributed by atoms with E-state index in [1.165, 1.54) is 0 Å². The van der Waals surface area contributed by atoms with Gasteiger partial charge in [-0.25, -0.2) is 4.98 Å². The van der Waals surface area contributed by atoms with E-state index >= 15 is 0 Å². The molecular weight excluding hydrogens is 366 g/mol. The van der Waals surface area contributed by atoms with Crippen LogP contribution in [0, 0.1) is 6.92 Å². The highest BCUT2D eigenvalue weighted by atomic mass is 16.4. The highest BCUT2D eigenvalue weighted by Gasteiger charge is 2.26. The van der Waals surface area contributed by atoms with E-state index in [0.29, 0.717) is 18.8 Å². The maximum Gasteiger partial charge on any atom is 0.289 e. The van der Waals surface area contributed by atoms with Gasteiger partial charge in [0.1, 0.15) is 11.3 Å². The average molecular weight is 396 g/mol. The van der Waals surface area contributed by atoms with Gasteiger partial charge >= 0.3 is 0 Å². The molecule has 6 heteroatoms. The van der Waals surface area contributed by atoms with E-state index in [-0.39, 0.29) is 11.3 Å². The lowest BCUT2D eigenvalue weighted by molar-refractivity contribution is 0.0730. The van der Waals surface area contributed by atoms with Crippen molar-refractivity contribution >= 4 is 16.9 Å². The molecule has 4 rings (SSSR count). The summed E-state index contributed by atoms with van der Waals surface area (Å²) < 4.78 is 11.8. The molecule has 2 aromatic heterocycles. The van der Waals surface area contributed by atoms with Gasteiger partial charge in [-0.15, -0.1) is 0 Å². The smallest absolute Gasteiger partial charge is 0.289 e. The third-order valence-electron chi connectivity index (χ3n) is 5.57. The average Bonchev–Trinajstić information content (AvgIpc) is 3.21. The van der Waals surface area contributed by atoms with E-state index in [2.05, 4.69) is 30.7 Å². The van der Waals surface area contributed by atoms with Gasteiger partial charge in [-0.3, -0.25) is 9.69 Å². The predicted octanol–water partition coefficient (Wildman–Crippen LogP) is 4.37. The van der Waals surface area contributed by atoms with Gasteiger partial charge in [0.2, 0.25) is 5.89 Å². The largest absolute Gasteiger partial charge is 0.451 e. The topological polar surface area (TPSA) is 62.7 Å². The Balaban J connectivity index is 1.42. The summed E-state index contributed by atoms with van der Waals surface area (Å²) in [6.45, 7) is 12.1. The van der Waals surface area contributed by atoms with Gasteiger partial charge in [-0.1, -0.05) is 39.0 Å². The van der Waals surface area contributed by atoms with Crippen molar-refractivity contribution in [1.29, 1.82) is 0 Å². The second kappa shape index (κ2) is 7.67. The van der Waals surface area contributed by atoms with Crippen LogP contribution in [0.15, 0.2) is 39.3 Å². The summed E-state index contributed by atoms with van der Waals surface area (Å²) in [5.41, 5.74) is 1.64. The lowest BCUT2D eigenvalue weighted by atomic mass is 9.94. The first-order chi connectivity index (χ1) is 13.8. The van der Waals surface area contributed by atoms with Crippen LogP contribution in [-0.2, 0) is 12.0 Å². The number of rotatable bonds is 3. The Morgan fingerprint density at radius 2 is 1.90 bits per heavy atom. The van der Waals surface area contributed by atoms with Crippen molar-refractivity contribution in [3.63, 3.8) is 0 Å². The van der Waals surface area contributed by atoms with Gasteiger partial charge in [0, 0.05) is 42.5 Å². The van der Waals surface area contributed by atoms with Crippen LogP contribution in [0.3, 0.4) is 0 Å². The first-order valence-corrected chi connectivity index (χ1v) is 10.3. The second-order valence-corrected chi connectivity index (χ2v) is 8.84. The number of benzene rings is 1. The number of carbonyl (C=O) groups excluding carboxylic acids is 1. The Morgan fingerprint density at radius 3 is 2.62 bits per heavy atom. The molecule has 0 saturated carbocycles. The van der Waals surface area contributed by atoms with E-state index in [1.54, 1.807) is 0 Å². The van der Waals surface area contributed by atoms with E-state index in [1.807, 2.05) is 42.3 Å². The Labute approximate surface area is 171 Å². The molecule has 0 spiro atoms. The zero-order valence-electron chi connectivity index (χ0n) is 17.7. The number of hydrogen-bond acceptors (Lipinski definition) is 5. The summed E-state index contributed by atoms with van der Waals surface area (Å²) in [6, 6.07) is 7.80. The molecule has 0 atom stereocenters. The number of hydrogen-bond donors (Lipinski definition) is 0. The first kappa shape index (κ1) is 19.7. The quantitative estimate of drug-likeness (QED) is 0.659. The fourth-order valence-electron chi connectivity index (χ4n) is 3.78. The molecule has 3 heterocycles. The first-order valence-electron chi connectivity index (χ1n) is 10.3. The number of carbonyl (C=O) groups is 1. The van der Waals surface area contributed by atoms with Crippen LogP contribution >= 0.6 is 0 Å². The van der Waals surface area contributed by atoms with Crippen molar-refractivity contribution in [3.8, 4) is 0 Å². The molecule has 0 radical (unpaired) electrons. The van der Waals surface area contributed by atoms with Crippen LogP contribution in [0.1, 0.15) is 55.0 Å². The van der Waals surface area contributed by atoms with Gasteiger partial charge in [-0.05, 0) is 19.4 Å². The molecule has 1 amide bonds. The maximum atomic E-state index is 13.1. The number of oxazole rings is 1. The number of furan rings is 1. The number of aryl methyl sites for hydroxylation is 1. The summed E-state index contributed by atoms with van der Waals surface area (Å²) in [6.07, 6.45) is 2.74. The highest BCUT2D eigenvalue weighted by molar-refractivity contribution is 5.98. The van der Waals surface area contributed by atoms with Gasteiger partial charge in [0.25, 0.3) is 5.91 Å². The van der Waals surface area contributed by atoms with Gasteiger partial charge in [-0.2, -0.15) is 0 Å². The summed E-state index contributed by atoms with van der Waals surface area (Å²) in [7, 11) is 0. The molecule has 0 aliphatic carbocycles. The molecule has 1 aliphatic heterocycles. The maximum absolute atomic E-state index is 13.1. The standard InChI is InChI=1S/C23H29N3O3/c1-16-17-8-5-6-9-18(17)28-21(16)22(27)26-11-7-10-25(12-13-26)15-20-24-14-19(29-20)23(2,3)4/h5-6,8-9,14H,7,10-13,15H2,1-4H3. The van der Waals surface area contributed by atoms with Crippen molar-refractivity contribution in [2.75, 3.05) is 26.2 Å². The fraction of sp³-hybridized carbons (Fsp3) is 0.478. The van der Waals surface area contributed by atoms with Crippen LogP contribution in [-0.4, -0.2) is 46.9 Å². The lowest BCUT2D eigenvalue weighted by Crippen LogP contribution is -2.35. The molecule has 154 valence electrons. The molecule has 1 saturated heterocycles. The number of para-hydroxylation sites is 1. The minimum atomic E-state index is -0.0440. The Morgan fingerprint density at radius 1 is 1.10 bits per heavy atom. The van der Waals surface area contributed by atoms with Crippen LogP contribution in [0.25, 0.3) is 11.0 Å². The van der Waals surface area contributed by atoms with E-state index in [9.17, 15) is 4.79 Å². The Hall–Kier alpha value is -2.60. The molecule has 0 bridgehead atoms. The number of aromatic nitrogens is 1. The molecular formula is C23H29N3O3. The van der Waals surface area contributed by atoms with Crippen molar-refractivity contribution in [1.82, 2.24) is 14.8 Å². The zero-order chi connectivity index (χ0) is 20.6. The minimum absolute atomic E-state index is 0.0216. The summed E-state index contributed by atoms with van der Waals surface area (Å²) in [5.74, 6) is 2.08. The van der Waals surface area contributed by atoms with Crippen LogP contribution < -0.4 is 0 Å². The summed E-state index contributed by atoms with van der Waals surface area (Å²) >= 11 is 0. The van der Waals surface area contributed by atoms with Gasteiger partial charge in [0.15, 0.2) is 5.76 Å². The van der Waals surface area contributed by atoms with E-state index in [0.717, 1.165) is 54.2 Å². The predicted molar refractivity (Wildman–Crippen MR) is 112 cm³/mol. The fourth-order valence-corrected chi connectivity index (χ4v) is 3.78. The minimum Gasteiger partial charge on any atom is -0.451 e. The van der Waals surface area contributed by atoms with Crippen LogP contribution in [0.5, 0.6) is 0 Å². The normalized spacial score (nSPS) is 16.3. The van der Waals surface area contributed by atoms with Gasteiger partial charge in [0.05, 0.1) is 12.7 Å². The zero-order valence-corrected chi connectivity index (χ0v) is 17.7. The highest BCUT2D eigenvalue weighted by Crippen LogP contribution is 2.27. The molecule has 0 unspecified atom stereocenters. The third-order valence-corrected chi connectivity index (χ3v) is 5.57. The van der Waals surface area contributed by atoms with Gasteiger partial charge < -0.3 is 13.7 Å². The molecule has 29 heavy (non-hydrogen) atoms. The van der Waals surface area contributed by atoms with Crippen molar-refractivity contribution < 1.29 is 13.6 Å². The summed E-state index contributed by atoms with van der Waals surface area (Å²) in [4.78, 5) is 21.8. The van der Waals surface area contributed by atoms with Crippen molar-refractivity contribution in [2.45, 2.75) is 46.1 Å². The van der Waals surface area contributed by atoms with Crippen LogP contribution in [0.4, 0.5) is 0 Å². The molecule has 6 nitrogen and oxygen atoms in total. The summed E-state index contributed by atoms with van der Waals surface area (Å²) in [5, 5.41) is 1.01. The Kier molecular flexibility index (Phi) is 5.21. The molecule has 0 N–H and O–H groups in total. The molecule has 1 fully saturated rings. The molecule has 1 aliphatic rings. The van der Waals surface area contributed by atoms with E-state index < -0.39 is 0 Å². The number of amides is 1. The Bertz CT molecular complexity index is 1010. The van der Waals surface area contributed by atoms with E-state index in [4.69, 9.17) is 8.83 Å². The second-order valence-electron chi connectivity index (χ2n) is 8.84.